The Balaban J connectivity index is 2.31. The third kappa shape index (κ3) is 3.96. The molecule has 0 radical (unpaired) electrons. The van der Waals surface area contributed by atoms with Gasteiger partial charge in [-0.05, 0) is 36.4 Å². The number of primary sulfonamides is 1. The van der Waals surface area contributed by atoms with Crippen molar-refractivity contribution < 1.29 is 26.3 Å². The Morgan fingerprint density at radius 3 is 1.88 bits per heavy atom. The molecule has 0 saturated carbocycles. The second kappa shape index (κ2) is 6.67. The van der Waals surface area contributed by atoms with Gasteiger partial charge in [0.2, 0.25) is 10.0 Å². The lowest BCUT2D eigenvalue weighted by Crippen LogP contribution is -2.14. The molecule has 2 aromatic carbocycles. The van der Waals surface area contributed by atoms with E-state index in [0.29, 0.717) is 5.75 Å². The van der Waals surface area contributed by atoms with Crippen LogP contribution in [0.3, 0.4) is 0 Å². The van der Waals surface area contributed by atoms with Crippen molar-refractivity contribution in [2.24, 2.45) is 5.14 Å². The maximum Gasteiger partial charge on any atom is 0.262 e. The molecular formula is C14H16N2O6S2. The van der Waals surface area contributed by atoms with Gasteiger partial charge in [0.1, 0.15) is 0 Å². The summed E-state index contributed by atoms with van der Waals surface area (Å²) in [5, 5.41) is 4.99. The molecule has 0 heterocycles. The van der Waals surface area contributed by atoms with E-state index in [4.69, 9.17) is 14.6 Å². The first-order chi connectivity index (χ1) is 11.2. The van der Waals surface area contributed by atoms with E-state index in [1.807, 2.05) is 0 Å². The highest BCUT2D eigenvalue weighted by atomic mass is 32.2. The summed E-state index contributed by atoms with van der Waals surface area (Å²) in [6.45, 7) is 0. The van der Waals surface area contributed by atoms with Crippen LogP contribution in [0.1, 0.15) is 0 Å². The second-order valence-electron chi connectivity index (χ2n) is 4.69. The number of hydrogen-bond acceptors (Lipinski definition) is 6. The van der Waals surface area contributed by atoms with E-state index in [-0.39, 0.29) is 21.2 Å². The van der Waals surface area contributed by atoms with Gasteiger partial charge in [0.05, 0.1) is 24.0 Å². The van der Waals surface area contributed by atoms with Crippen molar-refractivity contribution >= 4 is 25.7 Å². The van der Waals surface area contributed by atoms with Crippen LogP contribution in [0.4, 0.5) is 5.69 Å². The summed E-state index contributed by atoms with van der Waals surface area (Å²) >= 11 is 0. The Morgan fingerprint density at radius 1 is 0.833 bits per heavy atom. The highest BCUT2D eigenvalue weighted by Crippen LogP contribution is 2.30. The molecule has 0 saturated heterocycles. The standard InChI is InChI=1S/C14H16N2O6S2/c1-21-13-8-7-12(9-14(13)22-2)24(19,20)16-10-3-5-11(6-4-10)23(15,17)18/h3-9,16H,1-2H3,(H2,15,17,18). The summed E-state index contributed by atoms with van der Waals surface area (Å²) in [6, 6.07) is 9.18. The van der Waals surface area contributed by atoms with Crippen LogP contribution >= 0.6 is 0 Å². The van der Waals surface area contributed by atoms with Crippen molar-refractivity contribution in [3.05, 3.63) is 42.5 Å². The molecule has 2 rings (SSSR count). The smallest absolute Gasteiger partial charge is 0.262 e. The Kier molecular flexibility index (Phi) is 5.02. The topological polar surface area (TPSA) is 125 Å². The molecule has 0 fully saturated rings. The molecule has 10 heteroatoms. The van der Waals surface area contributed by atoms with Crippen molar-refractivity contribution in [3.8, 4) is 11.5 Å². The third-order valence-corrected chi connectivity index (χ3v) is 5.41. The molecule has 0 unspecified atom stereocenters. The Hall–Kier alpha value is -2.30. The number of ether oxygens (including phenoxy) is 2. The predicted octanol–water partition coefficient (Wildman–Crippen LogP) is 1.15. The summed E-state index contributed by atoms with van der Waals surface area (Å²) < 4.78 is 59.7. The summed E-state index contributed by atoms with van der Waals surface area (Å²) in [7, 11) is -4.89. The van der Waals surface area contributed by atoms with Crippen molar-refractivity contribution in [1.82, 2.24) is 0 Å². The summed E-state index contributed by atoms with van der Waals surface area (Å²) in [4.78, 5) is -0.146. The molecule has 0 amide bonds. The molecule has 0 aromatic heterocycles. The van der Waals surface area contributed by atoms with Gasteiger partial charge >= 0.3 is 0 Å². The minimum Gasteiger partial charge on any atom is -0.493 e. The molecule has 0 spiro atoms. The SMILES string of the molecule is COc1ccc(S(=O)(=O)Nc2ccc(S(N)(=O)=O)cc2)cc1OC. The molecule has 130 valence electrons. The largest absolute Gasteiger partial charge is 0.493 e. The van der Waals surface area contributed by atoms with Crippen LogP contribution < -0.4 is 19.3 Å². The molecule has 0 atom stereocenters. The van der Waals surface area contributed by atoms with Crippen LogP contribution in [0.25, 0.3) is 0 Å². The minimum atomic E-state index is -3.89. The number of anilines is 1. The van der Waals surface area contributed by atoms with Crippen LogP contribution in [0.2, 0.25) is 0 Å². The number of nitrogens with one attached hydrogen (secondary N) is 1. The van der Waals surface area contributed by atoms with E-state index >= 15 is 0 Å². The fraction of sp³-hybridized carbons (Fsp3) is 0.143. The van der Waals surface area contributed by atoms with E-state index in [2.05, 4.69) is 4.72 Å². The first-order valence-corrected chi connectivity index (χ1v) is 9.58. The normalized spacial score (nSPS) is 11.8. The fourth-order valence-corrected chi connectivity index (χ4v) is 3.50. The first-order valence-electron chi connectivity index (χ1n) is 6.55. The lowest BCUT2D eigenvalue weighted by atomic mass is 10.3. The molecular weight excluding hydrogens is 356 g/mol. The molecule has 0 bridgehead atoms. The second-order valence-corrected chi connectivity index (χ2v) is 7.94. The maximum atomic E-state index is 12.4. The van der Waals surface area contributed by atoms with Gasteiger partial charge in [-0.1, -0.05) is 0 Å². The van der Waals surface area contributed by atoms with Gasteiger partial charge in [0, 0.05) is 11.8 Å². The van der Waals surface area contributed by atoms with Gasteiger partial charge in [-0.2, -0.15) is 0 Å². The number of methoxy groups -OCH3 is 2. The Morgan fingerprint density at radius 2 is 1.38 bits per heavy atom. The van der Waals surface area contributed by atoms with Crippen LogP contribution in [0.5, 0.6) is 11.5 Å². The van der Waals surface area contributed by atoms with E-state index in [1.165, 1.54) is 56.7 Å². The lowest BCUT2D eigenvalue weighted by Gasteiger charge is -2.12. The van der Waals surface area contributed by atoms with Crippen molar-refractivity contribution in [3.63, 3.8) is 0 Å². The number of sulfonamides is 2. The van der Waals surface area contributed by atoms with Crippen molar-refractivity contribution in [2.75, 3.05) is 18.9 Å². The lowest BCUT2D eigenvalue weighted by molar-refractivity contribution is 0.354. The quantitative estimate of drug-likeness (QED) is 0.784. The number of nitrogens with two attached hydrogens (primary N) is 1. The molecule has 24 heavy (non-hydrogen) atoms. The van der Waals surface area contributed by atoms with Crippen LogP contribution in [-0.2, 0) is 20.0 Å². The predicted molar refractivity (Wildman–Crippen MR) is 88.2 cm³/mol. The minimum absolute atomic E-state index is 0.0318. The highest BCUT2D eigenvalue weighted by molar-refractivity contribution is 7.92. The number of benzene rings is 2. The van der Waals surface area contributed by atoms with Gasteiger partial charge in [0.25, 0.3) is 10.0 Å². The van der Waals surface area contributed by atoms with E-state index in [1.54, 1.807) is 0 Å². The molecule has 0 aliphatic heterocycles. The van der Waals surface area contributed by atoms with Gasteiger partial charge in [-0.15, -0.1) is 0 Å². The van der Waals surface area contributed by atoms with Crippen LogP contribution in [-0.4, -0.2) is 31.1 Å². The zero-order valence-corrected chi connectivity index (χ0v) is 14.5. The van der Waals surface area contributed by atoms with Crippen molar-refractivity contribution in [1.29, 1.82) is 0 Å². The number of hydrogen-bond donors (Lipinski definition) is 2. The molecule has 0 aliphatic carbocycles. The zero-order chi connectivity index (χ0) is 18.0. The van der Waals surface area contributed by atoms with E-state index in [9.17, 15) is 16.8 Å². The number of rotatable bonds is 6. The maximum absolute atomic E-state index is 12.4. The van der Waals surface area contributed by atoms with Gasteiger partial charge < -0.3 is 9.47 Å². The highest BCUT2D eigenvalue weighted by Gasteiger charge is 2.17. The van der Waals surface area contributed by atoms with Gasteiger partial charge in [-0.3, -0.25) is 4.72 Å². The summed E-state index contributed by atoms with van der Waals surface area (Å²) in [5.41, 5.74) is 0.192. The van der Waals surface area contributed by atoms with E-state index in [0.717, 1.165) is 0 Å². The first kappa shape index (κ1) is 18.0. The summed E-state index contributed by atoms with van der Waals surface area (Å²) in [6.07, 6.45) is 0. The fourth-order valence-electron chi connectivity index (χ4n) is 1.91. The molecule has 2 aromatic rings. The Bertz CT molecular complexity index is 938. The average molecular weight is 372 g/mol. The van der Waals surface area contributed by atoms with Crippen molar-refractivity contribution in [2.45, 2.75) is 9.79 Å². The average Bonchev–Trinajstić information content (AvgIpc) is 2.53. The zero-order valence-electron chi connectivity index (χ0n) is 12.9. The monoisotopic (exact) mass is 372 g/mol. The van der Waals surface area contributed by atoms with E-state index < -0.39 is 20.0 Å². The molecule has 3 N–H and O–H groups in total. The summed E-state index contributed by atoms with van der Waals surface area (Å²) in [5.74, 6) is 0.666. The molecule has 0 aliphatic rings. The molecule has 8 nitrogen and oxygen atoms in total. The Labute approximate surface area is 140 Å². The van der Waals surface area contributed by atoms with Gasteiger partial charge in [0.15, 0.2) is 11.5 Å². The van der Waals surface area contributed by atoms with Gasteiger partial charge in [-0.25, -0.2) is 22.0 Å². The van der Waals surface area contributed by atoms with Crippen LogP contribution in [0, 0.1) is 0 Å². The third-order valence-electron chi connectivity index (χ3n) is 3.10. The van der Waals surface area contributed by atoms with Crippen LogP contribution in [0.15, 0.2) is 52.3 Å².